The van der Waals surface area contributed by atoms with E-state index in [4.69, 9.17) is 16.7 Å². The van der Waals surface area contributed by atoms with Gasteiger partial charge in [-0.1, -0.05) is 11.6 Å². The summed E-state index contributed by atoms with van der Waals surface area (Å²) in [5.41, 5.74) is 0.685. The lowest BCUT2D eigenvalue weighted by Gasteiger charge is -2.31. The molecule has 0 aliphatic carbocycles. The fourth-order valence-electron chi connectivity index (χ4n) is 2.21. The molecule has 106 valence electrons. The van der Waals surface area contributed by atoms with Crippen LogP contribution in [-0.2, 0) is 0 Å². The second-order valence-corrected chi connectivity index (χ2v) is 4.96. The Kier molecular flexibility index (Phi) is 6.58. The van der Waals surface area contributed by atoms with Gasteiger partial charge in [0, 0.05) is 10.6 Å². The molecule has 0 unspecified atom stereocenters. The molecule has 0 saturated carbocycles. The molecule has 1 fully saturated rings. The summed E-state index contributed by atoms with van der Waals surface area (Å²) < 4.78 is 0. The van der Waals surface area contributed by atoms with Crippen LogP contribution in [0.5, 0.6) is 0 Å². The highest BCUT2D eigenvalue weighted by Gasteiger charge is 2.23. The SMILES string of the molecule is O=C(c1ccc(Cl)cc1)N1CC[NH+](CCO)CC1.[Cl-]. The van der Waals surface area contributed by atoms with Crippen molar-refractivity contribution in [3.05, 3.63) is 34.9 Å². The topological polar surface area (TPSA) is 45.0 Å². The Labute approximate surface area is 124 Å². The van der Waals surface area contributed by atoms with Crippen LogP contribution in [0.2, 0.25) is 5.02 Å². The van der Waals surface area contributed by atoms with Gasteiger partial charge in [0.05, 0.1) is 32.8 Å². The largest absolute Gasteiger partial charge is 1.00 e. The van der Waals surface area contributed by atoms with Crippen molar-refractivity contribution in [1.29, 1.82) is 0 Å². The van der Waals surface area contributed by atoms with E-state index < -0.39 is 0 Å². The van der Waals surface area contributed by atoms with Gasteiger partial charge in [-0.3, -0.25) is 4.79 Å². The van der Waals surface area contributed by atoms with Crippen LogP contribution < -0.4 is 17.3 Å². The predicted molar refractivity (Wildman–Crippen MR) is 70.0 cm³/mol. The highest BCUT2D eigenvalue weighted by molar-refractivity contribution is 6.30. The Bertz CT molecular complexity index is 404. The van der Waals surface area contributed by atoms with Gasteiger partial charge in [-0.25, -0.2) is 0 Å². The zero-order valence-corrected chi connectivity index (χ0v) is 12.1. The number of aliphatic hydroxyl groups is 1. The van der Waals surface area contributed by atoms with Crippen molar-refractivity contribution in [2.75, 3.05) is 39.3 Å². The van der Waals surface area contributed by atoms with Gasteiger partial charge in [-0.2, -0.15) is 0 Å². The minimum Gasteiger partial charge on any atom is -1.00 e. The van der Waals surface area contributed by atoms with Gasteiger partial charge in [-0.15, -0.1) is 0 Å². The number of rotatable bonds is 3. The lowest BCUT2D eigenvalue weighted by atomic mass is 10.2. The van der Waals surface area contributed by atoms with E-state index in [1.807, 2.05) is 4.90 Å². The van der Waals surface area contributed by atoms with Crippen molar-refractivity contribution >= 4 is 17.5 Å². The summed E-state index contributed by atoms with van der Waals surface area (Å²) in [4.78, 5) is 15.4. The average Bonchev–Trinajstić information content (AvgIpc) is 2.40. The average molecular weight is 305 g/mol. The van der Waals surface area contributed by atoms with Gasteiger partial charge in [0.2, 0.25) is 0 Å². The number of halogens is 2. The third kappa shape index (κ3) is 4.35. The van der Waals surface area contributed by atoms with Gasteiger partial charge in [0.1, 0.15) is 6.54 Å². The fourth-order valence-corrected chi connectivity index (χ4v) is 2.34. The van der Waals surface area contributed by atoms with Crippen molar-refractivity contribution in [2.24, 2.45) is 0 Å². The van der Waals surface area contributed by atoms with Crippen molar-refractivity contribution < 1.29 is 27.2 Å². The summed E-state index contributed by atoms with van der Waals surface area (Å²) in [6.07, 6.45) is 0. The van der Waals surface area contributed by atoms with Crippen LogP contribution in [0.4, 0.5) is 0 Å². The Morgan fingerprint density at radius 2 is 1.84 bits per heavy atom. The predicted octanol–water partition coefficient (Wildman–Crippen LogP) is -3.32. The summed E-state index contributed by atoms with van der Waals surface area (Å²) in [5, 5.41) is 9.53. The van der Waals surface area contributed by atoms with Crippen molar-refractivity contribution in [1.82, 2.24) is 4.90 Å². The van der Waals surface area contributed by atoms with E-state index in [1.54, 1.807) is 24.3 Å². The first-order valence-corrected chi connectivity index (χ1v) is 6.58. The van der Waals surface area contributed by atoms with Gasteiger partial charge in [0.25, 0.3) is 5.91 Å². The van der Waals surface area contributed by atoms with Crippen LogP contribution in [0.3, 0.4) is 0 Å². The third-order valence-electron chi connectivity index (χ3n) is 3.31. The summed E-state index contributed by atoms with van der Waals surface area (Å²) in [6.45, 7) is 4.27. The van der Waals surface area contributed by atoms with E-state index in [9.17, 15) is 4.79 Å². The molecule has 2 N–H and O–H groups in total. The fraction of sp³-hybridized carbons (Fsp3) is 0.462. The van der Waals surface area contributed by atoms with E-state index in [0.29, 0.717) is 10.6 Å². The first-order valence-electron chi connectivity index (χ1n) is 6.20. The van der Waals surface area contributed by atoms with Crippen molar-refractivity contribution in [3.8, 4) is 0 Å². The molecule has 2 rings (SSSR count). The number of aliphatic hydroxyl groups excluding tert-OH is 1. The maximum Gasteiger partial charge on any atom is 0.254 e. The first kappa shape index (κ1) is 16.2. The molecule has 0 spiro atoms. The van der Waals surface area contributed by atoms with Crippen molar-refractivity contribution in [2.45, 2.75) is 0 Å². The Hall–Kier alpha value is -0.810. The molecule has 1 heterocycles. The summed E-state index contributed by atoms with van der Waals surface area (Å²) in [7, 11) is 0. The van der Waals surface area contributed by atoms with Crippen molar-refractivity contribution in [3.63, 3.8) is 0 Å². The highest BCUT2D eigenvalue weighted by Crippen LogP contribution is 2.11. The summed E-state index contributed by atoms with van der Waals surface area (Å²) in [5.74, 6) is 0.0646. The Morgan fingerprint density at radius 3 is 2.37 bits per heavy atom. The molecule has 0 aromatic heterocycles. The molecule has 1 aromatic rings. The molecule has 1 aliphatic heterocycles. The second kappa shape index (κ2) is 7.70. The quantitative estimate of drug-likeness (QED) is 0.614. The monoisotopic (exact) mass is 304 g/mol. The van der Waals surface area contributed by atoms with E-state index in [0.717, 1.165) is 32.7 Å². The molecule has 0 atom stereocenters. The van der Waals surface area contributed by atoms with Crippen LogP contribution in [0, 0.1) is 0 Å². The summed E-state index contributed by atoms with van der Waals surface area (Å²) >= 11 is 5.80. The number of amides is 1. The molecule has 0 bridgehead atoms. The molecule has 6 heteroatoms. The summed E-state index contributed by atoms with van der Waals surface area (Å²) in [6, 6.07) is 7.00. The van der Waals surface area contributed by atoms with Crippen LogP contribution in [0.15, 0.2) is 24.3 Å². The van der Waals surface area contributed by atoms with Gasteiger partial charge in [0.15, 0.2) is 0 Å². The smallest absolute Gasteiger partial charge is 0.254 e. The maximum atomic E-state index is 12.2. The Balaban J connectivity index is 0.00000180. The second-order valence-electron chi connectivity index (χ2n) is 4.52. The molecule has 4 nitrogen and oxygen atoms in total. The molecule has 1 aliphatic rings. The van der Waals surface area contributed by atoms with E-state index in [-0.39, 0.29) is 24.9 Å². The molecule has 0 radical (unpaired) electrons. The minimum absolute atomic E-state index is 0. The van der Waals surface area contributed by atoms with Crippen LogP contribution >= 0.6 is 11.6 Å². The molecule has 1 amide bonds. The molecular weight excluding hydrogens is 287 g/mol. The standard InChI is InChI=1S/C13H17ClN2O2.ClH/c14-12-3-1-11(2-4-12)13(18)16-7-5-15(6-8-16)9-10-17;/h1-4,17H,5-10H2;1H. The zero-order valence-electron chi connectivity index (χ0n) is 10.6. The lowest BCUT2D eigenvalue weighted by molar-refractivity contribution is -0.904. The lowest BCUT2D eigenvalue weighted by Crippen LogP contribution is -3.15. The highest BCUT2D eigenvalue weighted by atomic mass is 35.5. The van der Waals surface area contributed by atoms with E-state index >= 15 is 0 Å². The Morgan fingerprint density at radius 1 is 1.26 bits per heavy atom. The van der Waals surface area contributed by atoms with Crippen LogP contribution in [0.1, 0.15) is 10.4 Å². The molecule has 19 heavy (non-hydrogen) atoms. The van der Waals surface area contributed by atoms with Crippen LogP contribution in [-0.4, -0.2) is 55.2 Å². The maximum absolute atomic E-state index is 12.2. The first-order chi connectivity index (χ1) is 8.70. The van der Waals surface area contributed by atoms with Gasteiger partial charge < -0.3 is 27.3 Å². The van der Waals surface area contributed by atoms with E-state index in [1.165, 1.54) is 4.90 Å². The third-order valence-corrected chi connectivity index (χ3v) is 3.57. The number of quaternary nitrogens is 1. The van der Waals surface area contributed by atoms with Gasteiger partial charge in [-0.05, 0) is 24.3 Å². The normalized spacial score (nSPS) is 16.0. The number of nitrogens with one attached hydrogen (secondary N) is 1. The van der Waals surface area contributed by atoms with E-state index in [2.05, 4.69) is 0 Å². The number of piperazine rings is 1. The number of carbonyl (C=O) groups is 1. The number of hydrogen-bond donors (Lipinski definition) is 2. The molecule has 1 saturated heterocycles. The zero-order chi connectivity index (χ0) is 13.0. The molecule has 1 aromatic carbocycles. The number of nitrogens with zero attached hydrogens (tertiary/aromatic N) is 1. The number of hydrogen-bond acceptors (Lipinski definition) is 2. The number of carbonyl (C=O) groups excluding carboxylic acids is 1. The minimum atomic E-state index is 0. The van der Waals surface area contributed by atoms with Gasteiger partial charge >= 0.3 is 0 Å². The van der Waals surface area contributed by atoms with Crippen LogP contribution in [0.25, 0.3) is 0 Å². The molecular formula is C13H18Cl2N2O2. The number of benzene rings is 1.